The summed E-state index contributed by atoms with van der Waals surface area (Å²) in [7, 11) is 0. The number of likely N-dealkylation sites (tertiary alicyclic amines) is 1. The summed E-state index contributed by atoms with van der Waals surface area (Å²) >= 11 is 0. The monoisotopic (exact) mass is 412 g/mol. The number of piperidine rings is 1. The highest BCUT2D eigenvalue weighted by Crippen LogP contribution is 2.45. The van der Waals surface area contributed by atoms with E-state index < -0.39 is 0 Å². The van der Waals surface area contributed by atoms with Crippen molar-refractivity contribution in [2.75, 3.05) is 31.6 Å². The smallest absolute Gasteiger partial charge is 0.336 e. The van der Waals surface area contributed by atoms with Crippen molar-refractivity contribution in [3.8, 4) is 0 Å². The molecule has 1 saturated heterocycles. The molecule has 1 aliphatic carbocycles. The number of hydrogen-bond donors (Lipinski definition) is 2. The second-order valence-corrected chi connectivity index (χ2v) is 8.78. The van der Waals surface area contributed by atoms with E-state index in [-0.39, 0.29) is 12.6 Å². The van der Waals surface area contributed by atoms with Gasteiger partial charge in [0.2, 0.25) is 0 Å². The van der Waals surface area contributed by atoms with Crippen LogP contribution in [-0.2, 0) is 13.0 Å². The zero-order valence-corrected chi connectivity index (χ0v) is 18.9. The maximum absolute atomic E-state index is 12.8. The minimum Gasteiger partial charge on any atom is -0.392 e. The summed E-state index contributed by atoms with van der Waals surface area (Å²) in [6, 6.07) is 4.70. The van der Waals surface area contributed by atoms with Crippen LogP contribution < -0.4 is 5.43 Å². The van der Waals surface area contributed by atoms with Gasteiger partial charge in [0.25, 0.3) is 0 Å². The van der Waals surface area contributed by atoms with E-state index in [1.807, 2.05) is 24.6 Å². The first-order chi connectivity index (χ1) is 14.5. The Labute approximate surface area is 179 Å². The molecule has 2 aromatic rings. The number of carbonyl (C=O) groups is 1. The average Bonchev–Trinajstić information content (AvgIpc) is 3.01. The lowest BCUT2D eigenvalue weighted by atomic mass is 9.74. The molecule has 2 amide bonds. The lowest BCUT2D eigenvalue weighted by Gasteiger charge is -2.44. The Balaban J connectivity index is 1.84. The average molecular weight is 413 g/mol. The number of fused-ring (bicyclic) bond motifs is 2. The van der Waals surface area contributed by atoms with E-state index in [9.17, 15) is 9.90 Å². The molecule has 164 valence electrons. The fourth-order valence-electron chi connectivity index (χ4n) is 5.70. The first-order valence-electron chi connectivity index (χ1n) is 11.6. The summed E-state index contributed by atoms with van der Waals surface area (Å²) in [6.45, 7) is 12.1. The molecule has 0 saturated carbocycles. The third kappa shape index (κ3) is 3.40. The van der Waals surface area contributed by atoms with Crippen LogP contribution in [0.5, 0.6) is 0 Å². The van der Waals surface area contributed by atoms with Gasteiger partial charge in [0, 0.05) is 36.1 Å². The number of benzene rings is 1. The summed E-state index contributed by atoms with van der Waals surface area (Å²) in [4.78, 5) is 17.3. The van der Waals surface area contributed by atoms with E-state index in [4.69, 9.17) is 0 Å². The van der Waals surface area contributed by atoms with E-state index in [1.165, 1.54) is 42.3 Å². The van der Waals surface area contributed by atoms with Crippen LogP contribution in [0, 0.1) is 6.92 Å². The molecule has 2 aliphatic rings. The number of rotatable bonds is 6. The fourth-order valence-corrected chi connectivity index (χ4v) is 5.70. The molecule has 1 aromatic carbocycles. The predicted octanol–water partition coefficient (Wildman–Crippen LogP) is 3.96. The topological polar surface area (TPSA) is 60.7 Å². The number of aromatic nitrogens is 1. The minimum absolute atomic E-state index is 0.0164. The van der Waals surface area contributed by atoms with Crippen molar-refractivity contribution in [2.24, 2.45) is 0 Å². The lowest BCUT2D eigenvalue weighted by Crippen LogP contribution is -2.47. The Morgan fingerprint density at radius 3 is 2.70 bits per heavy atom. The van der Waals surface area contributed by atoms with Gasteiger partial charge in [-0.25, -0.2) is 10.2 Å². The highest BCUT2D eigenvalue weighted by atomic mass is 16.3. The number of urea groups is 1. The second kappa shape index (κ2) is 8.60. The standard InChI is InChI=1S/C24H36N4O2/c1-5-10-27-11-8-9-18-20-12-17(15-29)13-22-23(20)19(14-21(18)27)16(4)28(22)25-24(30)26(6-2)7-3/h12-13,18,21,29H,5-11,14-15H2,1-4H3,(H,25,30)/t18-,21-/m1/s1. The van der Waals surface area contributed by atoms with Gasteiger partial charge in [-0.15, -0.1) is 0 Å². The maximum atomic E-state index is 12.8. The molecular weight excluding hydrogens is 376 g/mol. The van der Waals surface area contributed by atoms with E-state index in [1.54, 1.807) is 4.90 Å². The number of aliphatic hydroxyl groups excluding tert-OH is 1. The SMILES string of the molecule is CCCN1CCC[C@@H]2c3cc(CO)cc4c3c(c(C)n4NC(=O)N(CC)CC)C[C@H]21. The van der Waals surface area contributed by atoms with E-state index in [2.05, 4.69) is 30.2 Å². The second-order valence-electron chi connectivity index (χ2n) is 8.78. The Kier molecular flexibility index (Phi) is 6.07. The number of aliphatic hydroxyl groups is 1. The molecule has 0 spiro atoms. The third-order valence-electron chi connectivity index (χ3n) is 7.18. The largest absolute Gasteiger partial charge is 0.392 e. The van der Waals surface area contributed by atoms with Gasteiger partial charge in [-0.3, -0.25) is 9.58 Å². The van der Waals surface area contributed by atoms with Gasteiger partial charge in [-0.1, -0.05) is 13.0 Å². The molecule has 1 fully saturated rings. The van der Waals surface area contributed by atoms with Gasteiger partial charge < -0.3 is 10.0 Å². The van der Waals surface area contributed by atoms with Gasteiger partial charge in [0.1, 0.15) is 0 Å². The number of nitrogens with zero attached hydrogens (tertiary/aromatic N) is 3. The minimum atomic E-state index is -0.0771. The third-order valence-corrected chi connectivity index (χ3v) is 7.18. The summed E-state index contributed by atoms with van der Waals surface area (Å²) in [5.74, 6) is 0.500. The molecule has 2 atom stereocenters. The van der Waals surface area contributed by atoms with Crippen molar-refractivity contribution in [2.45, 2.75) is 71.9 Å². The molecule has 2 heterocycles. The van der Waals surface area contributed by atoms with Crippen LogP contribution in [0.3, 0.4) is 0 Å². The zero-order chi connectivity index (χ0) is 21.4. The summed E-state index contributed by atoms with van der Waals surface area (Å²) in [5.41, 5.74) is 8.92. The predicted molar refractivity (Wildman–Crippen MR) is 122 cm³/mol. The van der Waals surface area contributed by atoms with Crippen molar-refractivity contribution in [1.82, 2.24) is 14.5 Å². The van der Waals surface area contributed by atoms with Crippen LogP contribution in [0.4, 0.5) is 4.79 Å². The van der Waals surface area contributed by atoms with Crippen molar-refractivity contribution >= 4 is 16.9 Å². The van der Waals surface area contributed by atoms with Gasteiger partial charge in [0.15, 0.2) is 0 Å². The molecule has 30 heavy (non-hydrogen) atoms. The fraction of sp³-hybridized carbons (Fsp3) is 0.625. The molecule has 0 radical (unpaired) electrons. The van der Waals surface area contributed by atoms with E-state index >= 15 is 0 Å². The normalized spacial score (nSPS) is 21.0. The summed E-state index contributed by atoms with van der Waals surface area (Å²) in [6.07, 6.45) is 4.62. The van der Waals surface area contributed by atoms with Crippen LogP contribution in [-0.4, -0.2) is 57.8 Å². The van der Waals surface area contributed by atoms with Crippen LogP contribution in [0.1, 0.15) is 68.3 Å². The Morgan fingerprint density at radius 1 is 1.27 bits per heavy atom. The highest BCUT2D eigenvalue weighted by Gasteiger charge is 2.39. The first-order valence-corrected chi connectivity index (χ1v) is 11.6. The number of carbonyl (C=O) groups excluding carboxylic acids is 1. The van der Waals surface area contributed by atoms with Crippen LogP contribution in [0.15, 0.2) is 12.1 Å². The van der Waals surface area contributed by atoms with Crippen molar-refractivity contribution in [3.63, 3.8) is 0 Å². The number of nitrogens with one attached hydrogen (secondary N) is 1. The first kappa shape index (κ1) is 21.2. The van der Waals surface area contributed by atoms with Gasteiger partial charge in [-0.2, -0.15) is 0 Å². The Hall–Kier alpha value is -2.05. The lowest BCUT2D eigenvalue weighted by molar-refractivity contribution is 0.124. The summed E-state index contributed by atoms with van der Waals surface area (Å²) in [5, 5.41) is 11.3. The van der Waals surface area contributed by atoms with Crippen molar-refractivity contribution < 1.29 is 9.90 Å². The molecular formula is C24H36N4O2. The molecule has 1 aromatic heterocycles. The molecule has 0 unspecified atom stereocenters. The maximum Gasteiger partial charge on any atom is 0.336 e. The quantitative estimate of drug-likeness (QED) is 0.755. The van der Waals surface area contributed by atoms with Gasteiger partial charge in [0.05, 0.1) is 12.1 Å². The molecule has 0 bridgehead atoms. The zero-order valence-electron chi connectivity index (χ0n) is 18.9. The van der Waals surface area contributed by atoms with Crippen molar-refractivity contribution in [3.05, 3.63) is 34.5 Å². The molecule has 2 N–H and O–H groups in total. The van der Waals surface area contributed by atoms with Gasteiger partial charge >= 0.3 is 6.03 Å². The van der Waals surface area contributed by atoms with Crippen LogP contribution in [0.25, 0.3) is 10.9 Å². The van der Waals surface area contributed by atoms with E-state index in [0.29, 0.717) is 25.0 Å². The molecule has 1 aliphatic heterocycles. The van der Waals surface area contributed by atoms with Crippen molar-refractivity contribution in [1.29, 1.82) is 0 Å². The number of hydrogen-bond acceptors (Lipinski definition) is 3. The summed E-state index contributed by atoms with van der Waals surface area (Å²) < 4.78 is 1.97. The Morgan fingerprint density at radius 2 is 2.03 bits per heavy atom. The van der Waals surface area contributed by atoms with E-state index in [0.717, 1.165) is 29.7 Å². The molecule has 6 nitrogen and oxygen atoms in total. The molecule has 4 rings (SSSR count). The Bertz CT molecular complexity index is 929. The van der Waals surface area contributed by atoms with Gasteiger partial charge in [-0.05, 0) is 82.3 Å². The number of amides is 2. The van der Waals surface area contributed by atoms with Crippen LogP contribution >= 0.6 is 0 Å². The molecule has 6 heteroatoms. The van der Waals surface area contributed by atoms with Crippen LogP contribution in [0.2, 0.25) is 0 Å². The highest BCUT2D eigenvalue weighted by molar-refractivity contribution is 5.93.